The number of nitrogens with two attached hydrogens (primary N) is 1. The lowest BCUT2D eigenvalue weighted by atomic mass is 10.2. The van der Waals surface area contributed by atoms with Gasteiger partial charge in [0.25, 0.3) is 0 Å². The van der Waals surface area contributed by atoms with E-state index in [0.29, 0.717) is 18.1 Å². The van der Waals surface area contributed by atoms with E-state index in [-0.39, 0.29) is 0 Å². The molecule has 0 amide bonds. The normalized spacial score (nSPS) is 15.7. The highest BCUT2D eigenvalue weighted by molar-refractivity contribution is 6.31. The van der Waals surface area contributed by atoms with Crippen LogP contribution in [0.1, 0.15) is 5.56 Å². The monoisotopic (exact) mass is 332 g/mol. The molecule has 1 aliphatic rings. The number of halogens is 1. The number of piperazine rings is 1. The van der Waals surface area contributed by atoms with E-state index in [2.05, 4.69) is 32.1 Å². The van der Waals surface area contributed by atoms with Gasteiger partial charge in [-0.25, -0.2) is 9.97 Å². The van der Waals surface area contributed by atoms with Gasteiger partial charge in [-0.2, -0.15) is 0 Å². The Kier molecular flexibility index (Phi) is 4.83. The fourth-order valence-corrected chi connectivity index (χ4v) is 2.82. The van der Waals surface area contributed by atoms with Gasteiger partial charge in [0, 0.05) is 37.7 Å². The third kappa shape index (κ3) is 3.65. The minimum Gasteiger partial charge on any atom is -0.393 e. The van der Waals surface area contributed by atoms with Gasteiger partial charge >= 0.3 is 0 Å². The van der Waals surface area contributed by atoms with Crippen LogP contribution in [0.2, 0.25) is 5.02 Å². The Balaban J connectivity index is 1.73. The zero-order chi connectivity index (χ0) is 16.2. The second-order valence-electron chi connectivity index (χ2n) is 5.69. The van der Waals surface area contributed by atoms with Crippen LogP contribution in [0.3, 0.4) is 0 Å². The van der Waals surface area contributed by atoms with Crippen LogP contribution < -0.4 is 16.0 Å². The minimum atomic E-state index is 0.572. The number of aromatic nitrogens is 2. The first-order chi connectivity index (χ1) is 11.1. The van der Waals surface area contributed by atoms with Crippen molar-refractivity contribution in [2.24, 2.45) is 0 Å². The Morgan fingerprint density at radius 3 is 2.65 bits per heavy atom. The standard InChI is InChI=1S/C16H21ClN6/c1-22-6-8-23(9-7-22)16-14(18)15(20-11-21-16)19-10-12-4-2-3-5-13(12)17/h2-5,11H,6-10,18H2,1H3,(H,19,20,21). The molecule has 0 bridgehead atoms. The first-order valence-electron chi connectivity index (χ1n) is 7.66. The molecule has 0 atom stereocenters. The van der Waals surface area contributed by atoms with Crippen molar-refractivity contribution < 1.29 is 0 Å². The molecule has 2 heterocycles. The second-order valence-corrected chi connectivity index (χ2v) is 6.10. The van der Waals surface area contributed by atoms with Crippen LogP contribution in [0, 0.1) is 0 Å². The van der Waals surface area contributed by atoms with Crippen molar-refractivity contribution in [3.63, 3.8) is 0 Å². The van der Waals surface area contributed by atoms with Crippen molar-refractivity contribution in [2.45, 2.75) is 6.54 Å². The molecule has 1 aliphatic heterocycles. The predicted octanol–water partition coefficient (Wildman–Crippen LogP) is 2.08. The topological polar surface area (TPSA) is 70.3 Å². The molecule has 1 fully saturated rings. The Morgan fingerprint density at radius 2 is 1.91 bits per heavy atom. The summed E-state index contributed by atoms with van der Waals surface area (Å²) < 4.78 is 0. The number of anilines is 3. The average Bonchev–Trinajstić information content (AvgIpc) is 2.56. The summed E-state index contributed by atoms with van der Waals surface area (Å²) in [5, 5.41) is 3.99. The highest BCUT2D eigenvalue weighted by Gasteiger charge is 2.19. The Hall–Kier alpha value is -2.05. The first kappa shape index (κ1) is 15.8. The molecular formula is C16H21ClN6. The summed E-state index contributed by atoms with van der Waals surface area (Å²) in [7, 11) is 2.12. The maximum atomic E-state index is 6.28. The van der Waals surface area contributed by atoms with Crippen molar-refractivity contribution in [3.8, 4) is 0 Å². The summed E-state index contributed by atoms with van der Waals surface area (Å²) >= 11 is 6.18. The molecule has 1 saturated heterocycles. The lowest BCUT2D eigenvalue weighted by Crippen LogP contribution is -2.45. The molecule has 0 unspecified atom stereocenters. The molecule has 23 heavy (non-hydrogen) atoms. The zero-order valence-electron chi connectivity index (χ0n) is 13.2. The van der Waals surface area contributed by atoms with Crippen molar-refractivity contribution in [1.82, 2.24) is 14.9 Å². The van der Waals surface area contributed by atoms with Crippen molar-refractivity contribution in [1.29, 1.82) is 0 Å². The largest absolute Gasteiger partial charge is 0.393 e. The summed E-state index contributed by atoms with van der Waals surface area (Å²) in [4.78, 5) is 13.1. The number of hydrogen-bond acceptors (Lipinski definition) is 6. The van der Waals surface area contributed by atoms with Crippen LogP contribution in [-0.4, -0.2) is 48.1 Å². The van der Waals surface area contributed by atoms with Crippen LogP contribution in [0.4, 0.5) is 17.3 Å². The molecule has 7 heteroatoms. The zero-order valence-corrected chi connectivity index (χ0v) is 13.9. The van der Waals surface area contributed by atoms with E-state index in [0.717, 1.165) is 42.6 Å². The van der Waals surface area contributed by atoms with E-state index in [1.165, 1.54) is 0 Å². The van der Waals surface area contributed by atoms with Crippen LogP contribution in [0.15, 0.2) is 30.6 Å². The number of nitrogens with zero attached hydrogens (tertiary/aromatic N) is 4. The molecule has 0 radical (unpaired) electrons. The fourth-order valence-electron chi connectivity index (χ4n) is 2.62. The first-order valence-corrected chi connectivity index (χ1v) is 8.04. The number of benzene rings is 1. The van der Waals surface area contributed by atoms with Crippen LogP contribution in [0.25, 0.3) is 0 Å². The molecule has 1 aromatic heterocycles. The molecule has 2 aromatic rings. The highest BCUT2D eigenvalue weighted by Crippen LogP contribution is 2.27. The smallest absolute Gasteiger partial charge is 0.157 e. The quantitative estimate of drug-likeness (QED) is 0.893. The number of hydrogen-bond donors (Lipinski definition) is 2. The third-order valence-electron chi connectivity index (χ3n) is 4.07. The molecule has 122 valence electrons. The van der Waals surface area contributed by atoms with Crippen LogP contribution in [0.5, 0.6) is 0 Å². The molecule has 6 nitrogen and oxygen atoms in total. The number of rotatable bonds is 4. The lowest BCUT2D eigenvalue weighted by molar-refractivity contribution is 0.312. The lowest BCUT2D eigenvalue weighted by Gasteiger charge is -2.33. The number of nitrogens with one attached hydrogen (secondary N) is 1. The van der Waals surface area contributed by atoms with Gasteiger partial charge in [-0.1, -0.05) is 29.8 Å². The third-order valence-corrected chi connectivity index (χ3v) is 4.44. The van der Waals surface area contributed by atoms with E-state index in [9.17, 15) is 0 Å². The number of nitrogen functional groups attached to an aromatic ring is 1. The van der Waals surface area contributed by atoms with Crippen molar-refractivity contribution in [2.75, 3.05) is 49.2 Å². The fraction of sp³-hybridized carbons (Fsp3) is 0.375. The molecular weight excluding hydrogens is 312 g/mol. The Bertz CT molecular complexity index is 669. The molecule has 3 rings (SSSR count). The van der Waals surface area contributed by atoms with Gasteiger partial charge in [0.1, 0.15) is 12.0 Å². The van der Waals surface area contributed by atoms with Crippen molar-refractivity contribution in [3.05, 3.63) is 41.2 Å². The SMILES string of the molecule is CN1CCN(c2ncnc(NCc3ccccc3Cl)c2N)CC1. The van der Waals surface area contributed by atoms with Gasteiger partial charge in [-0.3, -0.25) is 0 Å². The molecule has 3 N–H and O–H groups in total. The van der Waals surface area contributed by atoms with Gasteiger partial charge < -0.3 is 20.9 Å². The minimum absolute atomic E-state index is 0.572. The summed E-state index contributed by atoms with van der Waals surface area (Å²) in [6.07, 6.45) is 1.55. The van der Waals surface area contributed by atoms with Gasteiger partial charge in [-0.05, 0) is 18.7 Å². The number of likely N-dealkylation sites (N-methyl/N-ethyl adjacent to an activating group) is 1. The van der Waals surface area contributed by atoms with Crippen LogP contribution in [-0.2, 0) is 6.54 Å². The van der Waals surface area contributed by atoms with Gasteiger partial charge in [0.05, 0.1) is 0 Å². The summed E-state index contributed by atoms with van der Waals surface area (Å²) in [5.41, 5.74) is 7.87. The van der Waals surface area contributed by atoms with Crippen LogP contribution >= 0.6 is 11.6 Å². The maximum absolute atomic E-state index is 6.28. The Labute approximate surface area is 141 Å². The predicted molar refractivity (Wildman–Crippen MR) is 94.9 cm³/mol. The molecule has 0 saturated carbocycles. The van der Waals surface area contributed by atoms with Gasteiger partial charge in [0.15, 0.2) is 11.6 Å². The van der Waals surface area contributed by atoms with Gasteiger partial charge in [-0.15, -0.1) is 0 Å². The van der Waals surface area contributed by atoms with E-state index in [1.807, 2.05) is 24.3 Å². The summed E-state index contributed by atoms with van der Waals surface area (Å²) in [6.45, 7) is 4.42. The second kappa shape index (κ2) is 7.02. The van der Waals surface area contributed by atoms with E-state index < -0.39 is 0 Å². The van der Waals surface area contributed by atoms with E-state index in [1.54, 1.807) is 6.33 Å². The average molecular weight is 333 g/mol. The van der Waals surface area contributed by atoms with Gasteiger partial charge in [0.2, 0.25) is 0 Å². The van der Waals surface area contributed by atoms with E-state index in [4.69, 9.17) is 17.3 Å². The Morgan fingerprint density at radius 1 is 1.17 bits per heavy atom. The summed E-state index contributed by atoms with van der Waals surface area (Å²) in [5.74, 6) is 1.45. The molecule has 0 aliphatic carbocycles. The highest BCUT2D eigenvalue weighted by atomic mass is 35.5. The molecule has 1 aromatic carbocycles. The molecule has 0 spiro atoms. The van der Waals surface area contributed by atoms with Crippen molar-refractivity contribution >= 4 is 28.9 Å². The van der Waals surface area contributed by atoms with E-state index >= 15 is 0 Å². The maximum Gasteiger partial charge on any atom is 0.157 e. The summed E-state index contributed by atoms with van der Waals surface area (Å²) in [6, 6.07) is 7.73.